The molecule has 1 N–H and O–H groups in total. The number of rotatable bonds is 2. The Morgan fingerprint density at radius 2 is 1.48 bits per heavy atom. The van der Waals surface area contributed by atoms with Gasteiger partial charge >= 0.3 is 15.6 Å². The molecule has 0 aliphatic carbocycles. The van der Waals surface area contributed by atoms with Crippen molar-refractivity contribution >= 4 is 10.1 Å². The van der Waals surface area contributed by atoms with Crippen molar-refractivity contribution in [1.29, 1.82) is 0 Å². The second-order valence-electron chi connectivity index (χ2n) is 5.67. The van der Waals surface area contributed by atoms with E-state index in [1.54, 1.807) is 12.1 Å². The number of benzene rings is 2. The molecule has 146 valence electrons. The Labute approximate surface area is 153 Å². The molecule has 6 nitrogen and oxygen atoms in total. The van der Waals surface area contributed by atoms with Gasteiger partial charge in [0.15, 0.2) is 0 Å². The van der Waals surface area contributed by atoms with Crippen molar-refractivity contribution in [1.82, 2.24) is 0 Å². The Kier molecular flexibility index (Phi) is 5.09. The van der Waals surface area contributed by atoms with E-state index in [0.717, 1.165) is 23.8 Å². The highest BCUT2D eigenvalue weighted by Crippen LogP contribution is 2.36. The lowest BCUT2D eigenvalue weighted by atomic mass is 10.1. The molecule has 27 heavy (non-hydrogen) atoms. The van der Waals surface area contributed by atoms with E-state index in [9.17, 15) is 26.7 Å². The molecule has 2 aliphatic rings. The molecular weight excluding hydrogens is 389 g/mol. The van der Waals surface area contributed by atoms with Gasteiger partial charge in [-0.05, 0) is 24.3 Å². The number of phenols is 1. The van der Waals surface area contributed by atoms with Gasteiger partial charge in [0.05, 0.1) is 13.2 Å². The summed E-state index contributed by atoms with van der Waals surface area (Å²) in [7, 11) is -5.63. The van der Waals surface area contributed by atoms with Crippen LogP contribution >= 0.6 is 0 Å². The summed E-state index contributed by atoms with van der Waals surface area (Å²) in [6.45, 7) is 0.995. The van der Waals surface area contributed by atoms with Crippen molar-refractivity contribution < 1.29 is 40.4 Å². The Balaban J connectivity index is 0.000000177. The fourth-order valence-electron chi connectivity index (χ4n) is 2.64. The largest absolute Gasteiger partial charge is 0.534 e. The van der Waals surface area contributed by atoms with Crippen LogP contribution in [0, 0.1) is 0 Å². The van der Waals surface area contributed by atoms with Crippen molar-refractivity contribution in [2.24, 2.45) is 0 Å². The van der Waals surface area contributed by atoms with Gasteiger partial charge in [0.1, 0.15) is 23.0 Å². The first-order valence-electron chi connectivity index (χ1n) is 7.88. The molecule has 0 radical (unpaired) electrons. The second-order valence-corrected chi connectivity index (χ2v) is 7.20. The molecule has 2 aromatic rings. The molecule has 0 aromatic heterocycles. The molecule has 0 unspecified atom stereocenters. The minimum Gasteiger partial charge on any atom is -0.508 e. The third-order valence-electron chi connectivity index (χ3n) is 3.90. The number of alkyl halides is 3. The zero-order valence-corrected chi connectivity index (χ0v) is 14.6. The lowest BCUT2D eigenvalue weighted by molar-refractivity contribution is -0.0500. The molecule has 0 bridgehead atoms. The first kappa shape index (κ1) is 19.2. The Morgan fingerprint density at radius 3 is 2.07 bits per heavy atom. The minimum atomic E-state index is -5.63. The van der Waals surface area contributed by atoms with Crippen molar-refractivity contribution in [3.8, 4) is 23.0 Å². The standard InChI is InChI=1S/C9H7F3O4S.C8H8O2/c10-9(11,12)17(13,14)16-8-3-1-2-7-6(8)4-5-15-7;9-7-2-1-3-8-6(7)4-5-10-8/h1-3H,4-5H2;1-3,9H,4-5H2. The van der Waals surface area contributed by atoms with E-state index in [1.807, 2.05) is 6.07 Å². The van der Waals surface area contributed by atoms with Gasteiger partial charge < -0.3 is 18.8 Å². The van der Waals surface area contributed by atoms with Gasteiger partial charge in [-0.3, -0.25) is 0 Å². The highest BCUT2D eigenvalue weighted by molar-refractivity contribution is 7.88. The SMILES string of the molecule is O=S(=O)(Oc1cccc2c1CCO2)C(F)(F)F.Oc1cccc2c1CCO2. The van der Waals surface area contributed by atoms with Crippen LogP contribution in [0.3, 0.4) is 0 Å². The molecule has 0 atom stereocenters. The maximum atomic E-state index is 12.1. The lowest BCUT2D eigenvalue weighted by Crippen LogP contribution is -2.28. The molecule has 0 saturated heterocycles. The van der Waals surface area contributed by atoms with Crippen LogP contribution in [0.4, 0.5) is 13.2 Å². The number of ether oxygens (including phenoxy) is 2. The first-order chi connectivity index (χ1) is 12.7. The Hall–Kier alpha value is -2.62. The van der Waals surface area contributed by atoms with Crippen molar-refractivity contribution in [3.05, 3.63) is 47.5 Å². The average Bonchev–Trinajstić information content (AvgIpc) is 3.24. The normalized spacial score (nSPS) is 14.9. The van der Waals surface area contributed by atoms with Crippen LogP contribution in [0.15, 0.2) is 36.4 Å². The van der Waals surface area contributed by atoms with E-state index in [4.69, 9.17) is 9.47 Å². The third kappa shape index (κ3) is 4.05. The zero-order valence-electron chi connectivity index (χ0n) is 13.8. The lowest BCUT2D eigenvalue weighted by Gasteiger charge is -2.11. The second kappa shape index (κ2) is 7.18. The van der Waals surface area contributed by atoms with Crippen molar-refractivity contribution in [2.45, 2.75) is 18.3 Å². The van der Waals surface area contributed by atoms with E-state index in [2.05, 4.69) is 4.18 Å². The highest BCUT2D eigenvalue weighted by Gasteiger charge is 2.49. The van der Waals surface area contributed by atoms with Gasteiger partial charge in [-0.25, -0.2) is 0 Å². The number of aromatic hydroxyl groups is 1. The van der Waals surface area contributed by atoms with Gasteiger partial charge in [0.25, 0.3) is 0 Å². The fraction of sp³-hybridized carbons (Fsp3) is 0.294. The topological polar surface area (TPSA) is 82.1 Å². The van der Waals surface area contributed by atoms with Gasteiger partial charge in [0, 0.05) is 24.0 Å². The maximum Gasteiger partial charge on any atom is 0.534 e. The summed E-state index contributed by atoms with van der Waals surface area (Å²) in [6.07, 6.45) is 1.15. The predicted octanol–water partition coefficient (Wildman–Crippen LogP) is 3.18. The van der Waals surface area contributed by atoms with E-state index in [1.165, 1.54) is 12.1 Å². The molecule has 2 aliphatic heterocycles. The third-order valence-corrected chi connectivity index (χ3v) is 4.87. The quantitative estimate of drug-likeness (QED) is 0.612. The molecule has 4 rings (SSSR count). The summed E-state index contributed by atoms with van der Waals surface area (Å²) in [6, 6.07) is 9.42. The van der Waals surface area contributed by atoms with Crippen LogP contribution in [-0.4, -0.2) is 32.2 Å². The fourth-order valence-corrected chi connectivity index (χ4v) is 3.12. The summed E-state index contributed by atoms with van der Waals surface area (Å²) in [5.41, 5.74) is -4.15. The predicted molar refractivity (Wildman–Crippen MR) is 88.5 cm³/mol. The summed E-state index contributed by atoms with van der Waals surface area (Å²) in [5.74, 6) is 1.20. The van der Waals surface area contributed by atoms with Gasteiger partial charge in [-0.1, -0.05) is 12.1 Å². The number of halogens is 3. The summed E-state index contributed by atoms with van der Waals surface area (Å²) >= 11 is 0. The Bertz CT molecular complexity index is 940. The van der Waals surface area contributed by atoms with Gasteiger partial charge in [-0.15, -0.1) is 0 Å². The van der Waals surface area contributed by atoms with E-state index in [0.29, 0.717) is 36.7 Å². The first-order valence-corrected chi connectivity index (χ1v) is 9.29. The number of phenolic OH excluding ortho intramolecular Hbond substituents is 1. The number of fused-ring (bicyclic) bond motifs is 2. The van der Waals surface area contributed by atoms with Crippen LogP contribution in [0.2, 0.25) is 0 Å². The van der Waals surface area contributed by atoms with E-state index >= 15 is 0 Å². The monoisotopic (exact) mass is 404 g/mol. The summed E-state index contributed by atoms with van der Waals surface area (Å²) < 4.78 is 72.4. The minimum absolute atomic E-state index is 0.293. The average molecular weight is 404 g/mol. The van der Waals surface area contributed by atoms with E-state index in [-0.39, 0.29) is 5.75 Å². The number of hydrogen-bond acceptors (Lipinski definition) is 6. The molecule has 10 heteroatoms. The van der Waals surface area contributed by atoms with Crippen LogP contribution in [0.5, 0.6) is 23.0 Å². The van der Waals surface area contributed by atoms with Crippen LogP contribution in [0.25, 0.3) is 0 Å². The van der Waals surface area contributed by atoms with Crippen molar-refractivity contribution in [3.63, 3.8) is 0 Å². The van der Waals surface area contributed by atoms with Crippen LogP contribution in [0.1, 0.15) is 11.1 Å². The summed E-state index contributed by atoms with van der Waals surface area (Å²) in [5, 5.41) is 9.25. The maximum absolute atomic E-state index is 12.1. The smallest absolute Gasteiger partial charge is 0.508 e. The molecule has 2 aromatic carbocycles. The van der Waals surface area contributed by atoms with Crippen molar-refractivity contribution in [2.75, 3.05) is 13.2 Å². The molecule has 0 fully saturated rings. The highest BCUT2D eigenvalue weighted by atomic mass is 32.2. The van der Waals surface area contributed by atoms with Crippen LogP contribution < -0.4 is 13.7 Å². The van der Waals surface area contributed by atoms with Gasteiger partial charge in [-0.2, -0.15) is 21.6 Å². The van der Waals surface area contributed by atoms with Crippen LogP contribution in [-0.2, 0) is 23.0 Å². The van der Waals surface area contributed by atoms with E-state index < -0.39 is 15.6 Å². The van der Waals surface area contributed by atoms with Gasteiger partial charge in [0.2, 0.25) is 0 Å². The molecular formula is C17H15F3O6S. The molecule has 2 heterocycles. The Morgan fingerprint density at radius 1 is 0.926 bits per heavy atom. The molecule has 0 saturated carbocycles. The molecule has 0 amide bonds. The number of hydrogen-bond donors (Lipinski definition) is 1. The zero-order chi connectivity index (χ0) is 19.7. The molecule has 0 spiro atoms. The summed E-state index contributed by atoms with van der Waals surface area (Å²) in [4.78, 5) is 0.